The number of methoxy groups -OCH3 is 1. The van der Waals surface area contributed by atoms with E-state index in [9.17, 15) is 9.59 Å². The number of halogens is 1. The van der Waals surface area contributed by atoms with Crippen LogP contribution >= 0.6 is 27.7 Å². The molecule has 0 aromatic heterocycles. The largest absolute Gasteiger partial charge is 0.493 e. The molecule has 0 N–H and O–H groups in total. The van der Waals surface area contributed by atoms with Gasteiger partial charge >= 0.3 is 0 Å². The van der Waals surface area contributed by atoms with Gasteiger partial charge in [0.2, 0.25) is 5.91 Å². The van der Waals surface area contributed by atoms with Crippen molar-refractivity contribution in [1.29, 1.82) is 0 Å². The Hall–Kier alpha value is -1.99. The van der Waals surface area contributed by atoms with Crippen molar-refractivity contribution in [2.24, 2.45) is 0 Å². The highest BCUT2D eigenvalue weighted by Gasteiger charge is 2.38. The first kappa shape index (κ1) is 20.7. The van der Waals surface area contributed by atoms with Crippen molar-refractivity contribution in [1.82, 2.24) is 4.90 Å². The smallest absolute Gasteiger partial charge is 0.289 e. The first-order chi connectivity index (χ1) is 13.5. The van der Waals surface area contributed by atoms with E-state index in [0.717, 1.165) is 33.8 Å². The molecule has 1 heterocycles. The molecule has 5 nitrogen and oxygen atoms in total. The van der Waals surface area contributed by atoms with Gasteiger partial charge in [0.25, 0.3) is 5.24 Å². The molecule has 2 amide bonds. The van der Waals surface area contributed by atoms with Gasteiger partial charge in [-0.25, -0.2) is 0 Å². The van der Waals surface area contributed by atoms with E-state index in [1.54, 1.807) is 7.11 Å². The Morgan fingerprint density at radius 1 is 1.07 bits per heavy atom. The van der Waals surface area contributed by atoms with Crippen LogP contribution in [0.15, 0.2) is 46.9 Å². The molecule has 0 saturated carbocycles. The fraction of sp³-hybridized carbons (Fsp3) is 0.333. The molecule has 148 valence electrons. The van der Waals surface area contributed by atoms with Crippen molar-refractivity contribution in [2.45, 2.75) is 31.6 Å². The van der Waals surface area contributed by atoms with Gasteiger partial charge in [-0.2, -0.15) is 0 Å². The van der Waals surface area contributed by atoms with Crippen molar-refractivity contribution >= 4 is 38.8 Å². The third-order valence-electron chi connectivity index (χ3n) is 4.41. The summed E-state index contributed by atoms with van der Waals surface area (Å²) in [6.07, 6.45) is 1.25. The molecule has 1 fully saturated rings. The molecule has 0 radical (unpaired) electrons. The van der Waals surface area contributed by atoms with Crippen LogP contribution in [0.25, 0.3) is 0 Å². The highest BCUT2D eigenvalue weighted by molar-refractivity contribution is 9.10. The van der Waals surface area contributed by atoms with Crippen LogP contribution in [0.5, 0.6) is 11.5 Å². The minimum Gasteiger partial charge on any atom is -0.493 e. The maximum Gasteiger partial charge on any atom is 0.289 e. The molecule has 3 rings (SSSR count). The number of benzene rings is 2. The third kappa shape index (κ3) is 4.89. The zero-order valence-corrected chi connectivity index (χ0v) is 18.2. The number of amides is 2. The minimum atomic E-state index is -0.377. The maximum absolute atomic E-state index is 12.4. The molecule has 2 aromatic carbocycles. The van der Waals surface area contributed by atoms with E-state index in [2.05, 4.69) is 15.9 Å². The van der Waals surface area contributed by atoms with Gasteiger partial charge in [-0.3, -0.25) is 14.5 Å². The van der Waals surface area contributed by atoms with Crippen molar-refractivity contribution in [3.8, 4) is 11.5 Å². The summed E-state index contributed by atoms with van der Waals surface area (Å²) >= 11 is 4.52. The van der Waals surface area contributed by atoms with Crippen LogP contribution in [0.2, 0.25) is 0 Å². The zero-order chi connectivity index (χ0) is 20.1. The number of nitrogens with zero attached hydrogens (tertiary/aromatic N) is 1. The standard InChI is InChI=1S/C21H22BrNO4S/c1-3-10-23-20(24)19(28-21(23)25)12-15-6-9-17(18(11-15)26-2)27-13-14-4-7-16(22)8-5-14/h4-9,11,19H,3,10,12-13H2,1-2H3/t19-/m1/s1. The number of carbonyl (C=O) groups is 2. The predicted octanol–water partition coefficient (Wildman–Crippen LogP) is 5.05. The Morgan fingerprint density at radius 2 is 1.79 bits per heavy atom. The first-order valence-corrected chi connectivity index (χ1v) is 10.7. The second-order valence-electron chi connectivity index (χ2n) is 6.47. The van der Waals surface area contributed by atoms with Crippen LogP contribution in [-0.4, -0.2) is 35.0 Å². The van der Waals surface area contributed by atoms with Crippen LogP contribution in [0, 0.1) is 0 Å². The van der Waals surface area contributed by atoms with Gasteiger partial charge in [0.05, 0.1) is 12.4 Å². The molecular formula is C21H22BrNO4S. The number of hydrogen-bond acceptors (Lipinski definition) is 5. The highest BCUT2D eigenvalue weighted by atomic mass is 79.9. The molecule has 1 saturated heterocycles. The SMILES string of the molecule is CCCN1C(=O)S[C@H](Cc2ccc(OCc3ccc(Br)cc3)c(OC)c2)C1=O. The molecule has 28 heavy (non-hydrogen) atoms. The van der Waals surface area contributed by atoms with Crippen LogP contribution in [0.4, 0.5) is 4.79 Å². The lowest BCUT2D eigenvalue weighted by atomic mass is 10.1. The minimum absolute atomic E-state index is 0.105. The van der Waals surface area contributed by atoms with Gasteiger partial charge in [-0.15, -0.1) is 0 Å². The van der Waals surface area contributed by atoms with Crippen LogP contribution in [-0.2, 0) is 17.8 Å². The third-order valence-corrected chi connectivity index (χ3v) is 6.01. The summed E-state index contributed by atoms with van der Waals surface area (Å²) in [6, 6.07) is 13.6. The van der Waals surface area contributed by atoms with Gasteiger partial charge in [-0.1, -0.05) is 52.8 Å². The van der Waals surface area contributed by atoms with Crippen molar-refractivity contribution in [2.75, 3.05) is 13.7 Å². The van der Waals surface area contributed by atoms with Crippen molar-refractivity contribution < 1.29 is 19.1 Å². The molecule has 1 atom stereocenters. The van der Waals surface area contributed by atoms with Crippen molar-refractivity contribution in [3.05, 3.63) is 58.1 Å². The van der Waals surface area contributed by atoms with E-state index in [-0.39, 0.29) is 16.4 Å². The number of carbonyl (C=O) groups excluding carboxylic acids is 2. The predicted molar refractivity (Wildman–Crippen MR) is 114 cm³/mol. The number of imide groups is 1. The summed E-state index contributed by atoms with van der Waals surface area (Å²) < 4.78 is 12.4. The highest BCUT2D eigenvalue weighted by Crippen LogP contribution is 2.33. The summed E-state index contributed by atoms with van der Waals surface area (Å²) in [6.45, 7) is 2.87. The van der Waals surface area contributed by atoms with E-state index in [1.165, 1.54) is 4.90 Å². The van der Waals surface area contributed by atoms with Gasteiger partial charge in [0.15, 0.2) is 11.5 Å². The first-order valence-electron chi connectivity index (χ1n) is 9.08. The average molecular weight is 464 g/mol. The van der Waals surface area contributed by atoms with E-state index < -0.39 is 0 Å². The normalized spacial score (nSPS) is 16.5. The fourth-order valence-corrected chi connectivity index (χ4v) is 4.29. The zero-order valence-electron chi connectivity index (χ0n) is 15.8. The summed E-state index contributed by atoms with van der Waals surface area (Å²) in [5, 5.41) is -0.531. The van der Waals surface area contributed by atoms with Crippen LogP contribution < -0.4 is 9.47 Å². The summed E-state index contributed by atoms with van der Waals surface area (Å²) in [5.74, 6) is 1.15. The van der Waals surface area contributed by atoms with E-state index in [4.69, 9.17) is 9.47 Å². The van der Waals surface area contributed by atoms with E-state index in [0.29, 0.717) is 31.1 Å². The molecule has 1 aliphatic rings. The molecule has 0 unspecified atom stereocenters. The van der Waals surface area contributed by atoms with E-state index in [1.807, 2.05) is 49.4 Å². The summed E-state index contributed by atoms with van der Waals surface area (Å²) in [5.41, 5.74) is 1.99. The number of hydrogen-bond donors (Lipinski definition) is 0. The summed E-state index contributed by atoms with van der Waals surface area (Å²) in [4.78, 5) is 25.8. The van der Waals surface area contributed by atoms with Crippen molar-refractivity contribution in [3.63, 3.8) is 0 Å². The molecule has 0 bridgehead atoms. The van der Waals surface area contributed by atoms with E-state index >= 15 is 0 Å². The van der Waals surface area contributed by atoms with Gasteiger partial charge in [0, 0.05) is 11.0 Å². The molecule has 2 aromatic rings. The van der Waals surface area contributed by atoms with Crippen LogP contribution in [0.1, 0.15) is 24.5 Å². The number of rotatable bonds is 8. The Morgan fingerprint density at radius 3 is 2.46 bits per heavy atom. The Labute approximate surface area is 177 Å². The monoisotopic (exact) mass is 463 g/mol. The second-order valence-corrected chi connectivity index (χ2v) is 8.54. The topological polar surface area (TPSA) is 55.8 Å². The maximum atomic E-state index is 12.4. The molecular weight excluding hydrogens is 442 g/mol. The lowest BCUT2D eigenvalue weighted by Crippen LogP contribution is -2.32. The molecule has 1 aliphatic heterocycles. The Balaban J connectivity index is 1.66. The number of thioether (sulfide) groups is 1. The lowest BCUT2D eigenvalue weighted by molar-refractivity contribution is -0.126. The second kappa shape index (κ2) is 9.47. The number of ether oxygens (including phenoxy) is 2. The Bertz CT molecular complexity index is 856. The molecule has 0 aliphatic carbocycles. The Kier molecular flexibility index (Phi) is 7.02. The van der Waals surface area contributed by atoms with Crippen LogP contribution in [0.3, 0.4) is 0 Å². The average Bonchev–Trinajstić information content (AvgIpc) is 2.96. The van der Waals surface area contributed by atoms with Gasteiger partial charge in [-0.05, 0) is 48.2 Å². The summed E-state index contributed by atoms with van der Waals surface area (Å²) in [7, 11) is 1.59. The molecule has 7 heteroatoms. The quantitative estimate of drug-likeness (QED) is 0.547. The fourth-order valence-electron chi connectivity index (χ4n) is 2.97. The lowest BCUT2D eigenvalue weighted by Gasteiger charge is -2.14. The van der Waals surface area contributed by atoms with Gasteiger partial charge in [0.1, 0.15) is 6.61 Å². The molecule has 0 spiro atoms. The van der Waals surface area contributed by atoms with Gasteiger partial charge < -0.3 is 9.47 Å².